The SMILES string of the molecule is CS(=O)(=O)N1C[C@@H]2C[C@H](C1)[C@@H]1CCC[C@H](Cc3ccccc3)N1C2. The highest BCUT2D eigenvalue weighted by Gasteiger charge is 2.45. The molecule has 3 aliphatic rings. The first-order valence-electron chi connectivity index (χ1n) is 9.25. The van der Waals surface area contributed by atoms with Crippen LogP contribution >= 0.6 is 0 Å². The molecule has 0 saturated carbocycles. The number of sulfonamides is 1. The van der Waals surface area contributed by atoms with Crippen molar-refractivity contribution in [1.29, 1.82) is 0 Å². The normalized spacial score (nSPS) is 34.7. The van der Waals surface area contributed by atoms with E-state index in [1.165, 1.54) is 37.5 Å². The highest BCUT2D eigenvalue weighted by Crippen LogP contribution is 2.40. The Balaban J connectivity index is 1.51. The van der Waals surface area contributed by atoms with Crippen LogP contribution in [-0.4, -0.2) is 55.6 Å². The Bertz CT molecular complexity index is 676. The summed E-state index contributed by atoms with van der Waals surface area (Å²) in [5.74, 6) is 1.02. The largest absolute Gasteiger partial charge is 0.296 e. The number of nitrogens with zero attached hydrogens (tertiary/aromatic N) is 2. The van der Waals surface area contributed by atoms with Crippen LogP contribution in [0.3, 0.4) is 0 Å². The van der Waals surface area contributed by atoms with Gasteiger partial charge in [0.1, 0.15) is 0 Å². The molecule has 0 aromatic heterocycles. The van der Waals surface area contributed by atoms with E-state index in [4.69, 9.17) is 0 Å². The smallest absolute Gasteiger partial charge is 0.211 e. The molecule has 1 aromatic carbocycles. The van der Waals surface area contributed by atoms with Gasteiger partial charge in [-0.3, -0.25) is 4.90 Å². The predicted octanol–water partition coefficient (Wildman–Crippen LogP) is 2.36. The molecule has 3 fully saturated rings. The van der Waals surface area contributed by atoms with Gasteiger partial charge in [0, 0.05) is 31.7 Å². The maximum atomic E-state index is 12.0. The standard InChI is InChI=1S/C19H28N2O2S/c1-24(22,23)20-12-16-10-17(14-20)19-9-5-8-18(21(19)13-16)11-15-6-3-2-4-7-15/h2-4,6-7,16-19H,5,8-14H2,1H3/t16-,17+,18+,19-/m0/s1. The van der Waals surface area contributed by atoms with Crippen molar-refractivity contribution in [3.05, 3.63) is 35.9 Å². The fraction of sp³-hybridized carbons (Fsp3) is 0.684. The van der Waals surface area contributed by atoms with Crippen molar-refractivity contribution < 1.29 is 8.42 Å². The summed E-state index contributed by atoms with van der Waals surface area (Å²) in [5.41, 5.74) is 1.43. The van der Waals surface area contributed by atoms with Crippen LogP contribution in [0.1, 0.15) is 31.2 Å². The monoisotopic (exact) mass is 348 g/mol. The Morgan fingerprint density at radius 3 is 2.62 bits per heavy atom. The lowest BCUT2D eigenvalue weighted by atomic mass is 9.74. The van der Waals surface area contributed by atoms with Gasteiger partial charge in [-0.1, -0.05) is 36.8 Å². The van der Waals surface area contributed by atoms with E-state index >= 15 is 0 Å². The molecule has 3 aliphatic heterocycles. The Morgan fingerprint density at radius 2 is 1.88 bits per heavy atom. The predicted molar refractivity (Wildman–Crippen MR) is 96.3 cm³/mol. The van der Waals surface area contributed by atoms with Gasteiger partial charge in [0.15, 0.2) is 0 Å². The van der Waals surface area contributed by atoms with Crippen LogP contribution in [0.5, 0.6) is 0 Å². The zero-order valence-corrected chi connectivity index (χ0v) is 15.3. The molecule has 3 heterocycles. The number of hydrogen-bond acceptors (Lipinski definition) is 3. The summed E-state index contributed by atoms with van der Waals surface area (Å²) >= 11 is 0. The summed E-state index contributed by atoms with van der Waals surface area (Å²) in [6.07, 6.45) is 7.50. The molecular formula is C19H28N2O2S. The van der Waals surface area contributed by atoms with Crippen LogP contribution in [0.15, 0.2) is 30.3 Å². The van der Waals surface area contributed by atoms with Crippen molar-refractivity contribution in [2.75, 3.05) is 25.9 Å². The van der Waals surface area contributed by atoms with Crippen LogP contribution in [0.25, 0.3) is 0 Å². The molecule has 24 heavy (non-hydrogen) atoms. The van der Waals surface area contributed by atoms with E-state index in [0.29, 0.717) is 23.9 Å². The fourth-order valence-corrected chi connectivity index (χ4v) is 6.19. The van der Waals surface area contributed by atoms with Crippen molar-refractivity contribution in [1.82, 2.24) is 9.21 Å². The summed E-state index contributed by atoms with van der Waals surface area (Å²) < 4.78 is 25.7. The zero-order valence-electron chi connectivity index (χ0n) is 14.5. The van der Waals surface area contributed by atoms with E-state index in [0.717, 1.165) is 26.1 Å². The van der Waals surface area contributed by atoms with Gasteiger partial charge in [0.05, 0.1) is 6.26 Å². The third kappa shape index (κ3) is 3.26. The van der Waals surface area contributed by atoms with Gasteiger partial charge in [-0.15, -0.1) is 0 Å². The van der Waals surface area contributed by atoms with Crippen LogP contribution in [0.2, 0.25) is 0 Å². The maximum absolute atomic E-state index is 12.0. The van der Waals surface area contributed by atoms with Crippen molar-refractivity contribution >= 4 is 10.0 Å². The Morgan fingerprint density at radius 1 is 1.08 bits per heavy atom. The summed E-state index contributed by atoms with van der Waals surface area (Å²) in [6, 6.07) is 12.0. The van der Waals surface area contributed by atoms with E-state index in [9.17, 15) is 8.42 Å². The van der Waals surface area contributed by atoms with Crippen molar-refractivity contribution in [3.63, 3.8) is 0 Å². The van der Waals surface area contributed by atoms with Gasteiger partial charge in [-0.25, -0.2) is 12.7 Å². The third-order valence-corrected chi connectivity index (χ3v) is 7.50. The molecule has 5 heteroatoms. The lowest BCUT2D eigenvalue weighted by molar-refractivity contribution is -0.0401. The Hall–Kier alpha value is -0.910. The molecule has 0 unspecified atom stereocenters. The second kappa shape index (κ2) is 6.43. The molecule has 4 rings (SSSR count). The Kier molecular flexibility index (Phi) is 4.43. The quantitative estimate of drug-likeness (QED) is 0.842. The van der Waals surface area contributed by atoms with Crippen LogP contribution in [-0.2, 0) is 16.4 Å². The number of rotatable bonds is 3. The van der Waals surface area contributed by atoms with Gasteiger partial charge >= 0.3 is 0 Å². The molecule has 0 N–H and O–H groups in total. The molecular weight excluding hydrogens is 320 g/mol. The minimum Gasteiger partial charge on any atom is -0.296 e. The summed E-state index contributed by atoms with van der Waals surface area (Å²) in [4.78, 5) is 2.74. The van der Waals surface area contributed by atoms with Crippen molar-refractivity contribution in [2.24, 2.45) is 11.8 Å². The molecule has 1 aromatic rings. The second-order valence-electron chi connectivity index (χ2n) is 7.98. The van der Waals surface area contributed by atoms with E-state index in [1.54, 1.807) is 4.31 Å². The molecule has 0 radical (unpaired) electrons. The highest BCUT2D eigenvalue weighted by atomic mass is 32.2. The average Bonchev–Trinajstić information content (AvgIpc) is 2.56. The molecule has 4 atom stereocenters. The molecule has 0 spiro atoms. The van der Waals surface area contributed by atoms with Gasteiger partial charge in [0.2, 0.25) is 10.0 Å². The molecule has 0 amide bonds. The minimum absolute atomic E-state index is 0.506. The first-order chi connectivity index (χ1) is 11.5. The molecule has 2 bridgehead atoms. The summed E-state index contributed by atoms with van der Waals surface area (Å²) in [6.45, 7) is 2.52. The summed E-state index contributed by atoms with van der Waals surface area (Å²) in [5, 5.41) is 0. The Labute approximate surface area is 145 Å². The first kappa shape index (κ1) is 16.6. The van der Waals surface area contributed by atoms with Gasteiger partial charge in [-0.05, 0) is 43.1 Å². The molecule has 4 nitrogen and oxygen atoms in total. The number of benzene rings is 1. The first-order valence-corrected chi connectivity index (χ1v) is 11.1. The highest BCUT2D eigenvalue weighted by molar-refractivity contribution is 7.88. The number of fused-ring (bicyclic) bond motifs is 4. The third-order valence-electron chi connectivity index (χ3n) is 6.26. The lowest BCUT2D eigenvalue weighted by Gasteiger charge is -2.54. The van der Waals surface area contributed by atoms with E-state index in [2.05, 4.69) is 35.2 Å². The topological polar surface area (TPSA) is 40.6 Å². The van der Waals surface area contributed by atoms with Crippen LogP contribution in [0.4, 0.5) is 0 Å². The van der Waals surface area contributed by atoms with Crippen molar-refractivity contribution in [3.8, 4) is 0 Å². The zero-order chi connectivity index (χ0) is 16.7. The van der Waals surface area contributed by atoms with Crippen LogP contribution in [0, 0.1) is 11.8 Å². The lowest BCUT2D eigenvalue weighted by Crippen LogP contribution is -2.62. The minimum atomic E-state index is -3.05. The van der Waals surface area contributed by atoms with E-state index < -0.39 is 10.0 Å². The van der Waals surface area contributed by atoms with Crippen LogP contribution < -0.4 is 0 Å². The summed E-state index contributed by atoms with van der Waals surface area (Å²) in [7, 11) is -3.05. The fourth-order valence-electron chi connectivity index (χ4n) is 5.24. The van der Waals surface area contributed by atoms with E-state index in [1.807, 2.05) is 0 Å². The van der Waals surface area contributed by atoms with Crippen molar-refractivity contribution in [2.45, 2.75) is 44.2 Å². The average molecular weight is 349 g/mol. The van der Waals surface area contributed by atoms with Gasteiger partial charge < -0.3 is 0 Å². The second-order valence-corrected chi connectivity index (χ2v) is 9.96. The number of hydrogen-bond donors (Lipinski definition) is 0. The number of piperidine rings is 3. The van der Waals surface area contributed by atoms with Gasteiger partial charge in [-0.2, -0.15) is 0 Å². The molecule has 0 aliphatic carbocycles. The van der Waals surface area contributed by atoms with Gasteiger partial charge in [0.25, 0.3) is 0 Å². The van der Waals surface area contributed by atoms with E-state index in [-0.39, 0.29) is 0 Å². The maximum Gasteiger partial charge on any atom is 0.211 e. The molecule has 3 saturated heterocycles. The molecule has 132 valence electrons.